The van der Waals surface area contributed by atoms with Crippen molar-refractivity contribution >= 4 is 34.8 Å². The number of rotatable bonds is 2. The van der Waals surface area contributed by atoms with Crippen LogP contribution in [-0.2, 0) is 0 Å². The van der Waals surface area contributed by atoms with Crippen molar-refractivity contribution < 1.29 is 17.9 Å². The molecule has 1 aromatic rings. The molecule has 0 amide bonds. The van der Waals surface area contributed by atoms with E-state index in [4.69, 9.17) is 34.8 Å². The maximum absolute atomic E-state index is 11.8. The third kappa shape index (κ3) is 3.97. The standard InChI is InChI=1S/C8H4Cl3F3O/c9-5-3-4(7(10)11)1-2-6(5)15-8(12,13)14/h1-3,7H. The summed E-state index contributed by atoms with van der Waals surface area (Å²) < 4.78 is 39.2. The molecule has 84 valence electrons. The molecule has 0 saturated carbocycles. The monoisotopic (exact) mass is 278 g/mol. The summed E-state index contributed by atoms with van der Waals surface area (Å²) in [6.45, 7) is 0. The number of hydrogen-bond donors (Lipinski definition) is 0. The van der Waals surface area contributed by atoms with Gasteiger partial charge in [0.15, 0.2) is 0 Å². The Balaban J connectivity index is 2.94. The van der Waals surface area contributed by atoms with E-state index in [2.05, 4.69) is 4.74 Å². The molecule has 0 aliphatic heterocycles. The average molecular weight is 279 g/mol. The van der Waals surface area contributed by atoms with Gasteiger partial charge in [0.2, 0.25) is 0 Å². The summed E-state index contributed by atoms with van der Waals surface area (Å²) in [5, 5.41) is -0.198. The van der Waals surface area contributed by atoms with Crippen LogP contribution in [0.1, 0.15) is 10.4 Å². The lowest BCUT2D eigenvalue weighted by Crippen LogP contribution is -2.17. The highest BCUT2D eigenvalue weighted by molar-refractivity contribution is 6.44. The van der Waals surface area contributed by atoms with Crippen molar-refractivity contribution in [2.75, 3.05) is 0 Å². The first-order valence-corrected chi connectivity index (χ1v) is 4.88. The first-order valence-electron chi connectivity index (χ1n) is 3.63. The van der Waals surface area contributed by atoms with Gasteiger partial charge in [-0.3, -0.25) is 0 Å². The maximum atomic E-state index is 11.8. The molecule has 0 spiro atoms. The van der Waals surface area contributed by atoms with Crippen LogP contribution in [-0.4, -0.2) is 6.36 Å². The number of hydrogen-bond acceptors (Lipinski definition) is 1. The molecule has 0 heterocycles. The lowest BCUT2D eigenvalue weighted by molar-refractivity contribution is -0.274. The van der Waals surface area contributed by atoms with E-state index in [1.165, 1.54) is 12.1 Å². The maximum Gasteiger partial charge on any atom is 0.573 e. The second-order valence-corrected chi connectivity index (χ2v) is 4.04. The Morgan fingerprint density at radius 1 is 1.20 bits per heavy atom. The molecule has 0 aromatic heterocycles. The van der Waals surface area contributed by atoms with E-state index >= 15 is 0 Å². The number of halogens is 6. The Kier molecular flexibility index (Phi) is 3.98. The second kappa shape index (κ2) is 4.68. The Morgan fingerprint density at radius 3 is 2.20 bits per heavy atom. The molecule has 0 atom stereocenters. The van der Waals surface area contributed by atoms with Gasteiger partial charge in [-0.2, -0.15) is 0 Å². The molecule has 0 saturated heterocycles. The van der Waals surface area contributed by atoms with Crippen molar-refractivity contribution in [2.24, 2.45) is 0 Å². The Bertz CT molecular complexity index is 351. The summed E-state index contributed by atoms with van der Waals surface area (Å²) in [6.07, 6.45) is -4.77. The van der Waals surface area contributed by atoms with Crippen LogP contribution in [0, 0.1) is 0 Å². The highest BCUT2D eigenvalue weighted by Crippen LogP contribution is 2.34. The molecule has 7 heteroatoms. The van der Waals surface area contributed by atoms with E-state index in [1.54, 1.807) is 0 Å². The van der Waals surface area contributed by atoms with Crippen LogP contribution >= 0.6 is 34.8 Å². The molecule has 1 rings (SSSR count). The van der Waals surface area contributed by atoms with Gasteiger partial charge in [-0.25, -0.2) is 0 Å². The van der Waals surface area contributed by atoms with Crippen molar-refractivity contribution in [1.29, 1.82) is 0 Å². The highest BCUT2D eigenvalue weighted by atomic mass is 35.5. The fraction of sp³-hybridized carbons (Fsp3) is 0.250. The van der Waals surface area contributed by atoms with Crippen molar-refractivity contribution in [3.8, 4) is 5.75 Å². The predicted octanol–water partition coefficient (Wildman–Crippen LogP) is 4.71. The smallest absolute Gasteiger partial charge is 0.404 e. The van der Waals surface area contributed by atoms with E-state index in [0.29, 0.717) is 5.56 Å². The molecule has 0 aliphatic rings. The van der Waals surface area contributed by atoms with Gasteiger partial charge in [-0.1, -0.05) is 17.7 Å². The topological polar surface area (TPSA) is 9.23 Å². The Hall–Kier alpha value is -0.320. The van der Waals surface area contributed by atoms with Crippen LogP contribution in [0.25, 0.3) is 0 Å². The fourth-order valence-electron chi connectivity index (χ4n) is 0.860. The van der Waals surface area contributed by atoms with Crippen molar-refractivity contribution in [1.82, 2.24) is 0 Å². The Labute approximate surface area is 98.7 Å². The van der Waals surface area contributed by atoms with Crippen LogP contribution in [0.3, 0.4) is 0 Å². The lowest BCUT2D eigenvalue weighted by Gasteiger charge is -2.11. The first kappa shape index (κ1) is 12.7. The number of alkyl halides is 5. The van der Waals surface area contributed by atoms with Gasteiger partial charge in [-0.15, -0.1) is 36.4 Å². The zero-order valence-corrected chi connectivity index (χ0v) is 9.25. The molecule has 0 radical (unpaired) electrons. The van der Waals surface area contributed by atoms with Crippen molar-refractivity contribution in [3.63, 3.8) is 0 Å². The van der Waals surface area contributed by atoms with E-state index < -0.39 is 16.9 Å². The minimum atomic E-state index is -4.77. The third-order valence-corrected chi connectivity index (χ3v) is 2.23. The highest BCUT2D eigenvalue weighted by Gasteiger charge is 2.32. The number of ether oxygens (including phenoxy) is 1. The molecule has 1 aromatic carbocycles. The van der Waals surface area contributed by atoms with Gasteiger partial charge in [0.05, 0.1) is 5.02 Å². The summed E-state index contributed by atoms with van der Waals surface area (Å²) >= 11 is 16.5. The van der Waals surface area contributed by atoms with Crippen LogP contribution < -0.4 is 4.74 Å². The fourth-order valence-corrected chi connectivity index (χ4v) is 1.36. The molecule has 1 nitrogen and oxygen atoms in total. The lowest BCUT2D eigenvalue weighted by atomic mass is 10.2. The molecule has 0 N–H and O–H groups in total. The normalized spacial score (nSPS) is 11.9. The SMILES string of the molecule is FC(F)(F)Oc1ccc(C(Cl)Cl)cc1Cl. The Morgan fingerprint density at radius 2 is 1.80 bits per heavy atom. The molecular formula is C8H4Cl3F3O. The van der Waals surface area contributed by atoms with Crippen LogP contribution in [0.15, 0.2) is 18.2 Å². The summed E-state index contributed by atoms with van der Waals surface area (Å²) in [5.74, 6) is -0.484. The van der Waals surface area contributed by atoms with Gasteiger partial charge in [0.25, 0.3) is 0 Å². The minimum absolute atomic E-state index is 0.198. The van der Waals surface area contributed by atoms with Gasteiger partial charge in [0, 0.05) is 0 Å². The summed E-state index contributed by atoms with van der Waals surface area (Å²) in [6, 6.07) is 3.58. The van der Waals surface area contributed by atoms with Crippen molar-refractivity contribution in [3.05, 3.63) is 28.8 Å². The van der Waals surface area contributed by atoms with Crippen LogP contribution in [0.2, 0.25) is 5.02 Å². The molecule has 15 heavy (non-hydrogen) atoms. The predicted molar refractivity (Wildman–Crippen MR) is 52.6 cm³/mol. The quantitative estimate of drug-likeness (QED) is 0.712. The summed E-state index contributed by atoms with van der Waals surface area (Å²) in [4.78, 5) is -0.845. The van der Waals surface area contributed by atoms with E-state index in [-0.39, 0.29) is 5.02 Å². The zero-order chi connectivity index (χ0) is 11.6. The largest absolute Gasteiger partial charge is 0.573 e. The molecule has 0 fully saturated rings. The number of benzene rings is 1. The van der Waals surface area contributed by atoms with E-state index in [1.807, 2.05) is 0 Å². The van der Waals surface area contributed by atoms with Gasteiger partial charge in [0.1, 0.15) is 10.6 Å². The van der Waals surface area contributed by atoms with Gasteiger partial charge >= 0.3 is 6.36 Å². The van der Waals surface area contributed by atoms with Gasteiger partial charge in [-0.05, 0) is 17.7 Å². The van der Waals surface area contributed by atoms with E-state index in [0.717, 1.165) is 6.07 Å². The molecule has 0 aliphatic carbocycles. The molecule has 0 bridgehead atoms. The molecule has 0 unspecified atom stereocenters. The summed E-state index contributed by atoms with van der Waals surface area (Å²) in [5.41, 5.74) is 0.401. The first-order chi connectivity index (χ1) is 6.79. The third-order valence-electron chi connectivity index (χ3n) is 1.43. The van der Waals surface area contributed by atoms with Crippen LogP contribution in [0.4, 0.5) is 13.2 Å². The minimum Gasteiger partial charge on any atom is -0.404 e. The second-order valence-electron chi connectivity index (χ2n) is 2.54. The van der Waals surface area contributed by atoms with Crippen LogP contribution in [0.5, 0.6) is 5.75 Å². The summed E-state index contributed by atoms with van der Waals surface area (Å²) in [7, 11) is 0. The zero-order valence-electron chi connectivity index (χ0n) is 6.99. The van der Waals surface area contributed by atoms with Crippen molar-refractivity contribution in [2.45, 2.75) is 11.2 Å². The average Bonchev–Trinajstić information content (AvgIpc) is 2.05. The van der Waals surface area contributed by atoms with Gasteiger partial charge < -0.3 is 4.74 Å². The van der Waals surface area contributed by atoms with E-state index in [9.17, 15) is 13.2 Å². The molecular weight excluding hydrogens is 275 g/mol.